The monoisotopic (exact) mass is 268 g/mol. The predicted octanol–water partition coefficient (Wildman–Crippen LogP) is 2.49. The summed E-state index contributed by atoms with van der Waals surface area (Å²) < 4.78 is 4.89. The molecule has 2 heterocycles. The van der Waals surface area contributed by atoms with Crippen molar-refractivity contribution in [2.45, 2.75) is 18.9 Å². The highest BCUT2D eigenvalue weighted by Gasteiger charge is 2.23. The van der Waals surface area contributed by atoms with E-state index in [-0.39, 0.29) is 24.5 Å². The van der Waals surface area contributed by atoms with Crippen LogP contribution in [0.1, 0.15) is 24.4 Å². The van der Waals surface area contributed by atoms with Gasteiger partial charge in [-0.05, 0) is 30.5 Å². The molecule has 1 atom stereocenters. The first-order chi connectivity index (χ1) is 8.33. The van der Waals surface area contributed by atoms with Gasteiger partial charge in [0.2, 0.25) is 0 Å². The Morgan fingerprint density at radius 1 is 1.17 bits per heavy atom. The lowest BCUT2D eigenvalue weighted by molar-refractivity contribution is 0.177. The minimum Gasteiger partial charge on any atom is -0.447 e. The Labute approximate surface area is 113 Å². The first-order valence-electron chi connectivity index (χ1n) is 6.11. The molecule has 0 unspecified atom stereocenters. The molecule has 2 fully saturated rings. The normalized spacial score (nSPS) is 22.3. The van der Waals surface area contributed by atoms with Gasteiger partial charge in [0, 0.05) is 18.8 Å². The van der Waals surface area contributed by atoms with Crippen molar-refractivity contribution in [3.8, 4) is 0 Å². The molecule has 0 spiro atoms. The van der Waals surface area contributed by atoms with Gasteiger partial charge >= 0.3 is 6.09 Å². The largest absolute Gasteiger partial charge is 0.447 e. The van der Waals surface area contributed by atoms with Gasteiger partial charge in [-0.25, -0.2) is 4.79 Å². The number of nitrogens with one attached hydrogen (secondary N) is 1. The molecule has 0 radical (unpaired) electrons. The van der Waals surface area contributed by atoms with Crippen molar-refractivity contribution >= 4 is 24.2 Å². The molecule has 98 valence electrons. The standard InChI is InChI=1S/C13H16N2O2.ClH/c16-13-14-12(9-17-13)10-3-5-11(6-4-10)15-7-1-2-8-15;/h3-6,12H,1-2,7-9H2,(H,14,16);1H/t12-;/m1./s1. The van der Waals surface area contributed by atoms with Crippen LogP contribution in [0, 0.1) is 0 Å². The Hall–Kier alpha value is -1.42. The maximum Gasteiger partial charge on any atom is 0.407 e. The Balaban J connectivity index is 0.00000120. The summed E-state index contributed by atoms with van der Waals surface area (Å²) in [4.78, 5) is 13.4. The van der Waals surface area contributed by atoms with Gasteiger partial charge in [0.1, 0.15) is 6.61 Å². The number of anilines is 1. The van der Waals surface area contributed by atoms with E-state index in [1.54, 1.807) is 0 Å². The number of amides is 1. The van der Waals surface area contributed by atoms with Gasteiger partial charge in [-0.3, -0.25) is 0 Å². The average Bonchev–Trinajstić information content (AvgIpc) is 3.00. The molecule has 0 bridgehead atoms. The summed E-state index contributed by atoms with van der Waals surface area (Å²) in [5.41, 5.74) is 2.38. The second-order valence-electron chi connectivity index (χ2n) is 4.58. The van der Waals surface area contributed by atoms with Crippen molar-refractivity contribution in [2.75, 3.05) is 24.6 Å². The molecule has 4 nitrogen and oxygen atoms in total. The van der Waals surface area contributed by atoms with Crippen molar-refractivity contribution in [2.24, 2.45) is 0 Å². The van der Waals surface area contributed by atoms with E-state index in [4.69, 9.17) is 4.74 Å². The van der Waals surface area contributed by atoms with Gasteiger partial charge < -0.3 is 15.0 Å². The maximum atomic E-state index is 11.0. The smallest absolute Gasteiger partial charge is 0.407 e. The highest BCUT2D eigenvalue weighted by molar-refractivity contribution is 5.85. The van der Waals surface area contributed by atoms with Crippen molar-refractivity contribution < 1.29 is 9.53 Å². The highest BCUT2D eigenvalue weighted by atomic mass is 35.5. The molecule has 1 aromatic carbocycles. The second-order valence-corrected chi connectivity index (χ2v) is 4.58. The highest BCUT2D eigenvalue weighted by Crippen LogP contribution is 2.24. The van der Waals surface area contributed by atoms with Crippen LogP contribution in [-0.2, 0) is 4.74 Å². The van der Waals surface area contributed by atoms with Crippen LogP contribution in [0.15, 0.2) is 24.3 Å². The molecule has 5 heteroatoms. The Kier molecular flexibility index (Phi) is 3.97. The molecule has 0 saturated carbocycles. The zero-order chi connectivity index (χ0) is 11.7. The van der Waals surface area contributed by atoms with Crippen LogP contribution in [0.4, 0.5) is 10.5 Å². The van der Waals surface area contributed by atoms with Gasteiger partial charge in [0.05, 0.1) is 6.04 Å². The fourth-order valence-corrected chi connectivity index (χ4v) is 2.46. The van der Waals surface area contributed by atoms with Crippen molar-refractivity contribution in [3.05, 3.63) is 29.8 Å². The predicted molar refractivity (Wildman–Crippen MR) is 72.4 cm³/mol. The summed E-state index contributed by atoms with van der Waals surface area (Å²) in [6.07, 6.45) is 2.25. The van der Waals surface area contributed by atoms with E-state index in [0.717, 1.165) is 18.7 Å². The van der Waals surface area contributed by atoms with E-state index in [1.165, 1.54) is 18.5 Å². The fraction of sp³-hybridized carbons (Fsp3) is 0.462. The molecule has 2 saturated heterocycles. The lowest BCUT2D eigenvalue weighted by atomic mass is 10.1. The van der Waals surface area contributed by atoms with E-state index >= 15 is 0 Å². The number of carbonyl (C=O) groups is 1. The number of alkyl carbamates (subject to hydrolysis) is 1. The van der Waals surface area contributed by atoms with Gasteiger partial charge in [-0.1, -0.05) is 12.1 Å². The Morgan fingerprint density at radius 2 is 1.83 bits per heavy atom. The minimum atomic E-state index is -0.321. The van der Waals surface area contributed by atoms with Crippen molar-refractivity contribution in [3.63, 3.8) is 0 Å². The molecule has 2 aliphatic rings. The molecule has 1 amide bonds. The second kappa shape index (κ2) is 5.48. The SMILES string of the molecule is Cl.O=C1N[C@@H](c2ccc(N3CCCC3)cc2)CO1. The lowest BCUT2D eigenvalue weighted by Gasteiger charge is -2.18. The number of carbonyl (C=O) groups excluding carboxylic acids is 1. The number of hydrogen-bond acceptors (Lipinski definition) is 3. The summed E-state index contributed by atoms with van der Waals surface area (Å²) in [5, 5.41) is 2.78. The third-order valence-electron chi connectivity index (χ3n) is 3.44. The van der Waals surface area contributed by atoms with E-state index in [9.17, 15) is 4.79 Å². The number of cyclic esters (lactones) is 1. The van der Waals surface area contributed by atoms with Crippen LogP contribution < -0.4 is 10.2 Å². The molecule has 0 aromatic heterocycles. The van der Waals surface area contributed by atoms with E-state index in [2.05, 4.69) is 34.5 Å². The molecular weight excluding hydrogens is 252 g/mol. The molecular formula is C13H17ClN2O2. The first kappa shape index (κ1) is 13.0. The summed E-state index contributed by atoms with van der Waals surface area (Å²) >= 11 is 0. The molecule has 3 rings (SSSR count). The summed E-state index contributed by atoms with van der Waals surface area (Å²) in [7, 11) is 0. The van der Waals surface area contributed by atoms with Crippen LogP contribution in [0.25, 0.3) is 0 Å². The van der Waals surface area contributed by atoms with E-state index < -0.39 is 0 Å². The van der Waals surface area contributed by atoms with Crippen LogP contribution in [-0.4, -0.2) is 25.8 Å². The van der Waals surface area contributed by atoms with Gasteiger partial charge in [-0.15, -0.1) is 12.4 Å². The maximum absolute atomic E-state index is 11.0. The summed E-state index contributed by atoms with van der Waals surface area (Å²) in [6, 6.07) is 8.42. The third-order valence-corrected chi connectivity index (χ3v) is 3.44. The molecule has 18 heavy (non-hydrogen) atoms. The molecule has 1 N–H and O–H groups in total. The number of hydrogen-bond donors (Lipinski definition) is 1. The van der Waals surface area contributed by atoms with Crippen molar-refractivity contribution in [1.29, 1.82) is 0 Å². The minimum absolute atomic E-state index is 0. The third kappa shape index (κ3) is 2.53. The number of halogens is 1. The van der Waals surface area contributed by atoms with E-state index in [0.29, 0.717) is 6.61 Å². The zero-order valence-corrected chi connectivity index (χ0v) is 10.9. The average molecular weight is 269 g/mol. The van der Waals surface area contributed by atoms with Gasteiger partial charge in [0.25, 0.3) is 0 Å². The van der Waals surface area contributed by atoms with Crippen molar-refractivity contribution in [1.82, 2.24) is 5.32 Å². The topological polar surface area (TPSA) is 41.6 Å². The van der Waals surface area contributed by atoms with Gasteiger partial charge in [-0.2, -0.15) is 0 Å². The first-order valence-corrected chi connectivity index (χ1v) is 6.11. The van der Waals surface area contributed by atoms with E-state index in [1.807, 2.05) is 0 Å². The number of ether oxygens (including phenoxy) is 1. The Bertz CT molecular complexity index is 416. The molecule has 0 aliphatic carbocycles. The summed E-state index contributed by atoms with van der Waals surface area (Å²) in [6.45, 7) is 2.74. The zero-order valence-electron chi connectivity index (χ0n) is 10.1. The summed E-state index contributed by atoms with van der Waals surface area (Å²) in [5.74, 6) is 0. The van der Waals surface area contributed by atoms with Crippen LogP contribution in [0.2, 0.25) is 0 Å². The molecule has 1 aromatic rings. The quantitative estimate of drug-likeness (QED) is 0.896. The molecule has 2 aliphatic heterocycles. The van der Waals surface area contributed by atoms with Crippen LogP contribution in [0.5, 0.6) is 0 Å². The van der Waals surface area contributed by atoms with Crippen LogP contribution >= 0.6 is 12.4 Å². The lowest BCUT2D eigenvalue weighted by Crippen LogP contribution is -2.19. The Morgan fingerprint density at radius 3 is 2.39 bits per heavy atom. The van der Waals surface area contributed by atoms with Gasteiger partial charge in [0.15, 0.2) is 0 Å². The number of nitrogens with zero attached hydrogens (tertiary/aromatic N) is 1. The fourth-order valence-electron chi connectivity index (χ4n) is 2.46. The number of rotatable bonds is 2. The number of benzene rings is 1. The van der Waals surface area contributed by atoms with Crippen LogP contribution in [0.3, 0.4) is 0 Å².